The molecular weight excluding hydrogens is 320 g/mol. The molecule has 0 fully saturated rings. The zero-order valence-electron chi connectivity index (χ0n) is 13.9. The van der Waals surface area contributed by atoms with Crippen molar-refractivity contribution < 1.29 is 19.4 Å². The molecule has 0 aliphatic heterocycles. The van der Waals surface area contributed by atoms with E-state index in [0.717, 1.165) is 25.0 Å². The molecule has 0 aromatic heterocycles. The summed E-state index contributed by atoms with van der Waals surface area (Å²) < 4.78 is 5.60. The molecule has 0 heterocycles. The molecule has 0 saturated heterocycles. The number of ether oxygens (including phenoxy) is 1. The predicted molar refractivity (Wildman–Crippen MR) is 95.9 cm³/mol. The van der Waals surface area contributed by atoms with Gasteiger partial charge in [0.15, 0.2) is 0 Å². The van der Waals surface area contributed by atoms with Crippen molar-refractivity contribution in [1.82, 2.24) is 5.32 Å². The van der Waals surface area contributed by atoms with E-state index in [4.69, 9.17) is 15.6 Å². The highest BCUT2D eigenvalue weighted by Gasteiger charge is 2.07. The molecule has 2 rings (SSSR count). The molecule has 0 saturated carbocycles. The Morgan fingerprint density at radius 2 is 1.56 bits per heavy atom. The van der Waals surface area contributed by atoms with Gasteiger partial charge in [0.1, 0.15) is 5.75 Å². The fraction of sp³-hybridized carbons (Fsp3) is 0.263. The first kappa shape index (κ1) is 18.3. The highest BCUT2D eigenvalue weighted by molar-refractivity contribution is 5.95. The molecule has 0 radical (unpaired) electrons. The molecule has 25 heavy (non-hydrogen) atoms. The van der Waals surface area contributed by atoms with Crippen molar-refractivity contribution in [3.63, 3.8) is 0 Å². The number of carbonyl (C=O) groups is 2. The number of hydrogen-bond donors (Lipinski definition) is 3. The lowest BCUT2D eigenvalue weighted by atomic mass is 10.1. The summed E-state index contributed by atoms with van der Waals surface area (Å²) in [7, 11) is 0. The number of nitrogens with one attached hydrogen (secondary N) is 1. The topological polar surface area (TPSA) is 102 Å². The average molecular weight is 342 g/mol. The summed E-state index contributed by atoms with van der Waals surface area (Å²) in [5.74, 6) is -0.407. The maximum Gasteiger partial charge on any atom is 0.335 e. The van der Waals surface area contributed by atoms with Crippen molar-refractivity contribution >= 4 is 17.6 Å². The number of carboxylic acid groups (broad SMARTS) is 1. The first-order valence-corrected chi connectivity index (χ1v) is 8.16. The minimum Gasteiger partial charge on any atom is -0.494 e. The SMILES string of the molecule is Nc1ccc(OCCCCCNC(=O)c2ccc(C(=O)O)cc2)cc1. The minimum atomic E-state index is -1.01. The van der Waals surface area contributed by atoms with Gasteiger partial charge >= 0.3 is 5.97 Å². The summed E-state index contributed by atoms with van der Waals surface area (Å²) >= 11 is 0. The van der Waals surface area contributed by atoms with Crippen LogP contribution >= 0.6 is 0 Å². The quantitative estimate of drug-likeness (QED) is 0.480. The van der Waals surface area contributed by atoms with Gasteiger partial charge in [-0.2, -0.15) is 0 Å². The third-order valence-electron chi connectivity index (χ3n) is 3.65. The fourth-order valence-corrected chi connectivity index (χ4v) is 2.23. The summed E-state index contributed by atoms with van der Waals surface area (Å²) in [6, 6.07) is 13.1. The van der Waals surface area contributed by atoms with Gasteiger partial charge in [0, 0.05) is 17.8 Å². The number of amides is 1. The zero-order valence-corrected chi connectivity index (χ0v) is 13.9. The molecule has 6 nitrogen and oxygen atoms in total. The minimum absolute atomic E-state index is 0.164. The fourth-order valence-electron chi connectivity index (χ4n) is 2.23. The Morgan fingerprint density at radius 1 is 0.920 bits per heavy atom. The Kier molecular flexibility index (Phi) is 6.83. The Hall–Kier alpha value is -3.02. The van der Waals surface area contributed by atoms with E-state index in [-0.39, 0.29) is 11.5 Å². The van der Waals surface area contributed by atoms with Gasteiger partial charge in [-0.25, -0.2) is 4.79 Å². The molecule has 0 aliphatic carbocycles. The molecule has 0 bridgehead atoms. The van der Waals surface area contributed by atoms with E-state index in [0.29, 0.717) is 24.4 Å². The van der Waals surface area contributed by atoms with Crippen LogP contribution in [-0.2, 0) is 0 Å². The van der Waals surface area contributed by atoms with Crippen molar-refractivity contribution in [2.45, 2.75) is 19.3 Å². The maximum absolute atomic E-state index is 11.9. The molecule has 0 spiro atoms. The van der Waals surface area contributed by atoms with E-state index in [1.165, 1.54) is 24.3 Å². The summed E-state index contributed by atoms with van der Waals surface area (Å²) in [6.07, 6.45) is 2.69. The van der Waals surface area contributed by atoms with Crippen molar-refractivity contribution in [1.29, 1.82) is 0 Å². The first-order chi connectivity index (χ1) is 12.1. The van der Waals surface area contributed by atoms with Gasteiger partial charge in [0.25, 0.3) is 5.91 Å². The summed E-state index contributed by atoms with van der Waals surface area (Å²) in [5, 5.41) is 11.6. The van der Waals surface area contributed by atoms with Gasteiger partial charge in [0.2, 0.25) is 0 Å². The van der Waals surface area contributed by atoms with Crippen molar-refractivity contribution in [2.24, 2.45) is 0 Å². The summed E-state index contributed by atoms with van der Waals surface area (Å²) in [4.78, 5) is 22.7. The van der Waals surface area contributed by atoms with Crippen LogP contribution in [0.15, 0.2) is 48.5 Å². The Bertz CT molecular complexity index is 696. The lowest BCUT2D eigenvalue weighted by Crippen LogP contribution is -2.24. The van der Waals surface area contributed by atoms with E-state index < -0.39 is 5.97 Å². The third-order valence-corrected chi connectivity index (χ3v) is 3.65. The van der Waals surface area contributed by atoms with Crippen LogP contribution in [0, 0.1) is 0 Å². The lowest BCUT2D eigenvalue weighted by Gasteiger charge is -2.07. The number of carbonyl (C=O) groups excluding carboxylic acids is 1. The molecule has 0 unspecified atom stereocenters. The number of nitrogens with two attached hydrogens (primary N) is 1. The Labute approximate surface area is 146 Å². The number of unbranched alkanes of at least 4 members (excludes halogenated alkanes) is 2. The van der Waals surface area contributed by atoms with Crippen LogP contribution in [0.3, 0.4) is 0 Å². The second-order valence-corrected chi connectivity index (χ2v) is 5.62. The van der Waals surface area contributed by atoms with Gasteiger partial charge in [-0.1, -0.05) is 0 Å². The van der Waals surface area contributed by atoms with Gasteiger partial charge in [-0.05, 0) is 67.8 Å². The van der Waals surface area contributed by atoms with Crippen molar-refractivity contribution in [3.05, 3.63) is 59.7 Å². The Morgan fingerprint density at radius 3 is 2.20 bits per heavy atom. The molecule has 1 amide bonds. The molecule has 0 atom stereocenters. The molecule has 2 aromatic carbocycles. The monoisotopic (exact) mass is 342 g/mol. The van der Waals surface area contributed by atoms with Crippen LogP contribution in [0.2, 0.25) is 0 Å². The number of hydrogen-bond acceptors (Lipinski definition) is 4. The van der Waals surface area contributed by atoms with E-state index in [1.54, 1.807) is 12.1 Å². The number of anilines is 1. The summed E-state index contributed by atoms with van der Waals surface area (Å²) in [5.41, 5.74) is 6.94. The standard InChI is InChI=1S/C19H22N2O4/c20-16-8-10-17(11-9-16)25-13-3-1-2-12-21-18(22)14-4-6-15(7-5-14)19(23)24/h4-11H,1-3,12-13,20H2,(H,21,22)(H,23,24). The van der Waals surface area contributed by atoms with Gasteiger partial charge in [0.05, 0.1) is 12.2 Å². The second kappa shape index (κ2) is 9.32. The maximum atomic E-state index is 11.9. The smallest absolute Gasteiger partial charge is 0.335 e. The number of benzene rings is 2. The number of carboxylic acids is 1. The third kappa shape index (κ3) is 6.18. The van der Waals surface area contributed by atoms with Crippen LogP contribution in [-0.4, -0.2) is 30.1 Å². The first-order valence-electron chi connectivity index (χ1n) is 8.16. The molecule has 0 aliphatic rings. The van der Waals surface area contributed by atoms with Crippen LogP contribution in [0.1, 0.15) is 40.0 Å². The molecule has 6 heteroatoms. The Balaban J connectivity index is 1.58. The van der Waals surface area contributed by atoms with Gasteiger partial charge < -0.3 is 20.9 Å². The normalized spacial score (nSPS) is 10.2. The van der Waals surface area contributed by atoms with Crippen LogP contribution < -0.4 is 15.8 Å². The largest absolute Gasteiger partial charge is 0.494 e. The number of rotatable bonds is 9. The molecule has 2 aromatic rings. The van der Waals surface area contributed by atoms with Crippen LogP contribution in [0.25, 0.3) is 0 Å². The number of nitrogen functional groups attached to an aromatic ring is 1. The van der Waals surface area contributed by atoms with Crippen molar-refractivity contribution in [2.75, 3.05) is 18.9 Å². The van der Waals surface area contributed by atoms with Crippen LogP contribution in [0.5, 0.6) is 5.75 Å². The van der Waals surface area contributed by atoms with E-state index >= 15 is 0 Å². The highest BCUT2D eigenvalue weighted by Crippen LogP contribution is 2.13. The average Bonchev–Trinajstić information content (AvgIpc) is 2.62. The van der Waals surface area contributed by atoms with E-state index in [2.05, 4.69) is 5.32 Å². The molecule has 132 valence electrons. The van der Waals surface area contributed by atoms with Gasteiger partial charge in [-0.3, -0.25) is 4.79 Å². The van der Waals surface area contributed by atoms with Gasteiger partial charge in [-0.15, -0.1) is 0 Å². The van der Waals surface area contributed by atoms with Crippen molar-refractivity contribution in [3.8, 4) is 5.75 Å². The number of aromatic carboxylic acids is 1. The van der Waals surface area contributed by atoms with E-state index in [9.17, 15) is 9.59 Å². The predicted octanol–water partition coefficient (Wildman–Crippen LogP) is 2.95. The summed E-state index contributed by atoms with van der Waals surface area (Å²) in [6.45, 7) is 1.19. The van der Waals surface area contributed by atoms with Crippen LogP contribution in [0.4, 0.5) is 5.69 Å². The van der Waals surface area contributed by atoms with E-state index in [1.807, 2.05) is 12.1 Å². The second-order valence-electron chi connectivity index (χ2n) is 5.62. The zero-order chi connectivity index (χ0) is 18.1. The highest BCUT2D eigenvalue weighted by atomic mass is 16.5. The molecular formula is C19H22N2O4. The lowest BCUT2D eigenvalue weighted by molar-refractivity contribution is 0.0696. The molecule has 4 N–H and O–H groups in total.